The largest absolute Gasteiger partial charge is 1.00 e. The molecule has 0 radical (unpaired) electrons. The van der Waals surface area contributed by atoms with Crippen LogP contribution in [0.1, 0.15) is 11.1 Å². The fraction of sp³-hybridized carbons (Fsp3) is 0.250. The van der Waals surface area contributed by atoms with E-state index in [2.05, 4.69) is 0 Å². The summed E-state index contributed by atoms with van der Waals surface area (Å²) in [6.45, 7) is -1.65. The Hall–Kier alpha value is -0.700. The van der Waals surface area contributed by atoms with E-state index in [0.717, 1.165) is 12.1 Å². The first-order chi connectivity index (χ1) is 22.8. The van der Waals surface area contributed by atoms with Crippen LogP contribution >= 0.6 is 0 Å². The first kappa shape index (κ1) is 53.3. The predicted octanol–water partition coefficient (Wildman–Crippen LogP) is -15.5. The summed E-state index contributed by atoms with van der Waals surface area (Å²) in [4.78, 5) is 71.4. The van der Waals surface area contributed by atoms with Gasteiger partial charge in [-0.1, -0.05) is 12.1 Å². The molecule has 0 aromatic heterocycles. The number of carbonyl (C=O) groups is 6. The van der Waals surface area contributed by atoms with Crippen molar-refractivity contribution < 1.29 is 199 Å². The first-order valence-corrected chi connectivity index (χ1v) is 18.9. The van der Waals surface area contributed by atoms with Crippen LogP contribution in [0.5, 0.6) is 0 Å². The van der Waals surface area contributed by atoms with Crippen LogP contribution in [-0.2, 0) is 72.5 Å². The number of carbonyl (C=O) groups excluding carboxylic acids is 6. The summed E-state index contributed by atoms with van der Waals surface area (Å²) in [6.07, 6.45) is -1.49. The van der Waals surface area contributed by atoms with Crippen molar-refractivity contribution in [3.8, 4) is 0 Å². The molecule has 2 saturated heterocycles. The molecule has 0 saturated carbocycles. The topological polar surface area (TPSA) is 362 Å². The summed E-state index contributed by atoms with van der Waals surface area (Å²) in [7, 11) is -22.0. The molecule has 2 aromatic rings. The van der Waals surface area contributed by atoms with Gasteiger partial charge in [0.2, 0.25) is 23.6 Å². The normalized spacial score (nSPS) is 18.0. The predicted molar refractivity (Wildman–Crippen MR) is 150 cm³/mol. The summed E-state index contributed by atoms with van der Waals surface area (Å²) in [6, 6.07) is 0.808. The van der Waals surface area contributed by atoms with E-state index in [4.69, 9.17) is 0 Å². The average Bonchev–Trinajstić information content (AvgIpc) is 2.96. The SMILES string of the molecule is O=C1NC(=O)N(CCN2C(=O)NC(=O)C(Cc3ccc(S(=O)(=O)[O-])c(S(=O)(=O)[O-])c3)C2=O)C(=O)C1Cc1ccc(S(=O)(=O)[O-])c(S(=O)(=O)[O-])c1.[Na+].[Na+].[Na+].[Na+]. The summed E-state index contributed by atoms with van der Waals surface area (Å²) < 4.78 is 138. The second kappa shape index (κ2) is 19.8. The Morgan fingerprint density at radius 2 is 0.759 bits per heavy atom. The molecule has 0 bridgehead atoms. The Balaban J connectivity index is 0.00000702. The number of hydrogen-bond acceptors (Lipinski definition) is 18. The monoisotopic (exact) mass is 870 g/mol. The van der Waals surface area contributed by atoms with Crippen molar-refractivity contribution in [2.75, 3.05) is 13.1 Å². The number of barbiturate groups is 2. The minimum absolute atomic E-state index is 0. The first-order valence-electron chi connectivity index (χ1n) is 13.2. The Morgan fingerprint density at radius 1 is 0.481 bits per heavy atom. The Kier molecular flexibility index (Phi) is 19.6. The number of benzene rings is 2. The Morgan fingerprint density at radius 3 is 1.02 bits per heavy atom. The van der Waals surface area contributed by atoms with Gasteiger partial charge in [0.05, 0.1) is 19.6 Å². The van der Waals surface area contributed by atoms with Crippen molar-refractivity contribution in [2.45, 2.75) is 32.4 Å². The smallest absolute Gasteiger partial charge is 0.744 e. The standard InChI is InChI=1S/C24H22N4O18S4.4Na/c29-19-13(7-11-1-3-15(47(35,36)37)17(9-11)49(41,42)43)21(31)27(23(33)25-19)5-6-28-22(32)14(20(30)26-24(28)34)8-12-2-4-16(48(38,39)40)18(10-12)50(44,45)46;;;;/h1-4,9-10,13-14H,5-8H2,(H,25,29,33)(H,26,30,34)(H,35,36,37)(H,38,39,40)(H,41,42,43)(H,44,45,46);;;;/q;4*+1/p-4. The second-order valence-corrected chi connectivity index (χ2v) is 15.9. The molecule has 2 N–H and O–H groups in total. The van der Waals surface area contributed by atoms with Crippen LogP contribution in [0.4, 0.5) is 9.59 Å². The molecule has 54 heavy (non-hydrogen) atoms. The van der Waals surface area contributed by atoms with E-state index >= 15 is 0 Å². The molecular weight excluding hydrogens is 853 g/mol. The Bertz CT molecular complexity index is 2180. The molecule has 22 nitrogen and oxygen atoms in total. The van der Waals surface area contributed by atoms with Gasteiger partial charge in [0.1, 0.15) is 52.3 Å². The van der Waals surface area contributed by atoms with Crippen molar-refractivity contribution in [1.29, 1.82) is 0 Å². The zero-order chi connectivity index (χ0) is 37.7. The van der Waals surface area contributed by atoms with Gasteiger partial charge in [-0.15, -0.1) is 0 Å². The fourth-order valence-electron chi connectivity index (χ4n) is 4.94. The number of rotatable bonds is 11. The maximum absolute atomic E-state index is 13.2. The van der Waals surface area contributed by atoms with E-state index in [0.29, 0.717) is 34.1 Å². The van der Waals surface area contributed by atoms with Crippen LogP contribution in [0.25, 0.3) is 0 Å². The van der Waals surface area contributed by atoms with Crippen LogP contribution in [0.2, 0.25) is 0 Å². The molecule has 2 aliphatic rings. The summed E-state index contributed by atoms with van der Waals surface area (Å²) in [5, 5.41) is 3.61. The van der Waals surface area contributed by atoms with Crippen LogP contribution in [-0.4, -0.2) is 110 Å². The molecule has 0 spiro atoms. The summed E-state index contributed by atoms with van der Waals surface area (Å²) in [5.41, 5.74) is -0.620. The van der Waals surface area contributed by atoms with E-state index in [1.807, 2.05) is 0 Å². The van der Waals surface area contributed by atoms with Crippen molar-refractivity contribution >= 4 is 76.2 Å². The molecule has 270 valence electrons. The fourth-order valence-corrected chi connectivity index (χ4v) is 8.46. The number of imide groups is 4. The van der Waals surface area contributed by atoms with E-state index < -0.39 is 134 Å². The van der Waals surface area contributed by atoms with Crippen molar-refractivity contribution in [1.82, 2.24) is 20.4 Å². The number of amides is 8. The molecule has 2 aromatic carbocycles. The van der Waals surface area contributed by atoms with Gasteiger partial charge in [0.15, 0.2) is 0 Å². The van der Waals surface area contributed by atoms with Gasteiger partial charge in [0, 0.05) is 13.1 Å². The third-order valence-electron chi connectivity index (χ3n) is 7.23. The molecule has 30 heteroatoms. The van der Waals surface area contributed by atoms with Gasteiger partial charge < -0.3 is 18.2 Å². The second-order valence-electron chi connectivity index (χ2n) is 10.5. The number of nitrogens with zero attached hydrogens (tertiary/aromatic N) is 2. The molecule has 2 aliphatic heterocycles. The molecule has 4 rings (SSSR count). The number of urea groups is 2. The minimum Gasteiger partial charge on any atom is -0.744 e. The van der Waals surface area contributed by atoms with E-state index in [1.165, 1.54) is 0 Å². The quantitative estimate of drug-likeness (QED) is 0.120. The number of hydrogen-bond donors (Lipinski definition) is 2. The molecule has 2 unspecified atom stereocenters. The maximum Gasteiger partial charge on any atom is 1.00 e. The zero-order valence-electron chi connectivity index (χ0n) is 28.3. The summed E-state index contributed by atoms with van der Waals surface area (Å²) in [5.74, 6) is -8.67. The average molecular weight is 871 g/mol. The van der Waals surface area contributed by atoms with Crippen molar-refractivity contribution in [3.05, 3.63) is 47.5 Å². The van der Waals surface area contributed by atoms with Crippen LogP contribution < -0.4 is 129 Å². The molecule has 0 aliphatic carbocycles. The molecular formula is C24H18N4Na4O18S4. The van der Waals surface area contributed by atoms with Gasteiger partial charge in [0.25, 0.3) is 0 Å². The summed E-state index contributed by atoms with van der Waals surface area (Å²) >= 11 is 0. The minimum atomic E-state index is -5.56. The molecule has 8 amide bonds. The van der Waals surface area contributed by atoms with Gasteiger partial charge in [-0.2, -0.15) is 0 Å². The van der Waals surface area contributed by atoms with Crippen molar-refractivity contribution in [3.63, 3.8) is 0 Å². The van der Waals surface area contributed by atoms with Gasteiger partial charge in [-0.3, -0.25) is 39.6 Å². The van der Waals surface area contributed by atoms with E-state index in [1.54, 1.807) is 10.6 Å². The Labute approximate surface area is 395 Å². The van der Waals surface area contributed by atoms with Crippen LogP contribution in [0, 0.1) is 11.8 Å². The molecule has 2 heterocycles. The number of nitrogens with one attached hydrogen (secondary N) is 2. The van der Waals surface area contributed by atoms with Crippen LogP contribution in [0.15, 0.2) is 56.0 Å². The van der Waals surface area contributed by atoms with Gasteiger partial charge in [-0.05, 0) is 48.2 Å². The van der Waals surface area contributed by atoms with Crippen LogP contribution in [0.3, 0.4) is 0 Å². The van der Waals surface area contributed by atoms with Gasteiger partial charge in [-0.25, -0.2) is 43.3 Å². The molecule has 2 atom stereocenters. The third-order valence-corrected chi connectivity index (χ3v) is 11.0. The zero-order valence-corrected chi connectivity index (χ0v) is 39.6. The van der Waals surface area contributed by atoms with E-state index in [-0.39, 0.29) is 129 Å². The third kappa shape index (κ3) is 12.4. The van der Waals surface area contributed by atoms with Gasteiger partial charge >= 0.3 is 130 Å². The van der Waals surface area contributed by atoms with Crippen molar-refractivity contribution in [2.24, 2.45) is 11.8 Å². The van der Waals surface area contributed by atoms with E-state index in [9.17, 15) is 80.6 Å². The maximum atomic E-state index is 13.2. The molecule has 2 fully saturated rings.